The number of ether oxygens (including phenoxy) is 1. The maximum Gasteiger partial charge on any atom is 0.307 e. The fourth-order valence-electron chi connectivity index (χ4n) is 1.58. The summed E-state index contributed by atoms with van der Waals surface area (Å²) in [6.45, 7) is 2.07. The predicted molar refractivity (Wildman–Crippen MR) is 76.4 cm³/mol. The van der Waals surface area contributed by atoms with E-state index in [4.69, 9.17) is 9.84 Å². The van der Waals surface area contributed by atoms with Crippen LogP contribution in [0.25, 0.3) is 0 Å². The molecule has 0 aliphatic heterocycles. The van der Waals surface area contributed by atoms with Gasteiger partial charge in [0.2, 0.25) is 0 Å². The highest BCUT2D eigenvalue weighted by Gasteiger charge is 2.14. The van der Waals surface area contributed by atoms with E-state index in [0.29, 0.717) is 17.7 Å². The van der Waals surface area contributed by atoms with Gasteiger partial charge in [-0.1, -0.05) is 11.8 Å². The fraction of sp³-hybridized carbons (Fsp3) is 0.400. The van der Waals surface area contributed by atoms with Gasteiger partial charge in [-0.3, -0.25) is 14.6 Å². The standard InChI is InChI=1S/C15H18N2O4/c1-3-21-14(19)6-7-17(2)15(20)13-9-12(5-4-8-18)10-16-11-13/h9-11,18H,3,6-8H2,1-2H3. The van der Waals surface area contributed by atoms with Gasteiger partial charge in [0, 0.05) is 31.5 Å². The Morgan fingerprint density at radius 3 is 2.86 bits per heavy atom. The molecule has 1 aromatic heterocycles. The highest BCUT2D eigenvalue weighted by molar-refractivity contribution is 5.94. The van der Waals surface area contributed by atoms with Gasteiger partial charge in [0.15, 0.2) is 0 Å². The lowest BCUT2D eigenvalue weighted by Gasteiger charge is -2.16. The van der Waals surface area contributed by atoms with E-state index in [1.54, 1.807) is 20.0 Å². The third-order valence-electron chi connectivity index (χ3n) is 2.60. The summed E-state index contributed by atoms with van der Waals surface area (Å²) in [5.41, 5.74) is 0.930. The molecule has 1 rings (SSSR count). The van der Waals surface area contributed by atoms with E-state index >= 15 is 0 Å². The molecule has 0 atom stereocenters. The summed E-state index contributed by atoms with van der Waals surface area (Å²) in [4.78, 5) is 28.8. The van der Waals surface area contributed by atoms with Crippen LogP contribution < -0.4 is 0 Å². The van der Waals surface area contributed by atoms with Gasteiger partial charge >= 0.3 is 5.97 Å². The van der Waals surface area contributed by atoms with Gasteiger partial charge in [-0.2, -0.15) is 0 Å². The largest absolute Gasteiger partial charge is 0.466 e. The van der Waals surface area contributed by atoms with E-state index in [-0.39, 0.29) is 31.4 Å². The Morgan fingerprint density at radius 1 is 1.43 bits per heavy atom. The summed E-state index contributed by atoms with van der Waals surface area (Å²) in [7, 11) is 1.60. The van der Waals surface area contributed by atoms with Crippen molar-refractivity contribution in [3.63, 3.8) is 0 Å². The number of nitrogens with zero attached hydrogens (tertiary/aromatic N) is 2. The first-order chi connectivity index (χ1) is 10.1. The van der Waals surface area contributed by atoms with Crippen LogP contribution in [-0.4, -0.2) is 53.7 Å². The first-order valence-corrected chi connectivity index (χ1v) is 6.54. The molecule has 0 aliphatic rings. The molecule has 112 valence electrons. The molecule has 0 bridgehead atoms. The molecule has 0 fully saturated rings. The summed E-state index contributed by atoms with van der Waals surface area (Å²) in [5.74, 6) is 4.60. The minimum Gasteiger partial charge on any atom is -0.466 e. The molecule has 21 heavy (non-hydrogen) atoms. The molecule has 0 aliphatic carbocycles. The molecule has 0 aromatic carbocycles. The molecule has 0 saturated carbocycles. The third kappa shape index (κ3) is 5.63. The van der Waals surface area contributed by atoms with Crippen molar-refractivity contribution >= 4 is 11.9 Å². The molecule has 0 saturated heterocycles. The summed E-state index contributed by atoms with van der Waals surface area (Å²) in [6.07, 6.45) is 3.10. The molecule has 0 spiro atoms. The highest BCUT2D eigenvalue weighted by atomic mass is 16.5. The Bertz CT molecular complexity index is 560. The first kappa shape index (κ1) is 16.7. The van der Waals surface area contributed by atoms with Gasteiger partial charge in [-0.25, -0.2) is 0 Å². The van der Waals surface area contributed by atoms with E-state index in [9.17, 15) is 9.59 Å². The van der Waals surface area contributed by atoms with Crippen molar-refractivity contribution in [2.75, 3.05) is 26.8 Å². The second-order valence-corrected chi connectivity index (χ2v) is 4.20. The summed E-state index contributed by atoms with van der Waals surface area (Å²) in [6, 6.07) is 1.60. The zero-order chi connectivity index (χ0) is 15.7. The van der Waals surface area contributed by atoms with E-state index in [2.05, 4.69) is 16.8 Å². The van der Waals surface area contributed by atoms with Crippen molar-refractivity contribution in [2.45, 2.75) is 13.3 Å². The zero-order valence-corrected chi connectivity index (χ0v) is 12.1. The molecule has 0 radical (unpaired) electrons. The van der Waals surface area contributed by atoms with Crippen LogP contribution in [0, 0.1) is 11.8 Å². The molecule has 6 heteroatoms. The van der Waals surface area contributed by atoms with Crippen LogP contribution in [0.5, 0.6) is 0 Å². The van der Waals surface area contributed by atoms with Gasteiger partial charge in [0.1, 0.15) is 6.61 Å². The molecule has 6 nitrogen and oxygen atoms in total. The van der Waals surface area contributed by atoms with Crippen molar-refractivity contribution < 1.29 is 19.4 Å². The van der Waals surface area contributed by atoms with Gasteiger partial charge in [0.25, 0.3) is 5.91 Å². The Hall–Kier alpha value is -2.39. The van der Waals surface area contributed by atoms with Crippen LogP contribution in [0.3, 0.4) is 0 Å². The van der Waals surface area contributed by atoms with Crippen LogP contribution in [0.15, 0.2) is 18.5 Å². The Kier molecular flexibility index (Phi) is 6.92. The Balaban J connectivity index is 2.67. The van der Waals surface area contributed by atoms with Crippen LogP contribution in [0.2, 0.25) is 0 Å². The lowest BCUT2D eigenvalue weighted by atomic mass is 10.2. The third-order valence-corrected chi connectivity index (χ3v) is 2.60. The molecule has 1 heterocycles. The Morgan fingerprint density at radius 2 is 2.19 bits per heavy atom. The summed E-state index contributed by atoms with van der Waals surface area (Å²) >= 11 is 0. The minimum absolute atomic E-state index is 0.146. The number of carbonyl (C=O) groups excluding carboxylic acids is 2. The second-order valence-electron chi connectivity index (χ2n) is 4.20. The Labute approximate surface area is 123 Å². The normalized spacial score (nSPS) is 9.48. The number of aliphatic hydroxyl groups excluding tert-OH is 1. The maximum absolute atomic E-state index is 12.2. The molecular weight excluding hydrogens is 272 g/mol. The quantitative estimate of drug-likeness (QED) is 0.629. The van der Waals surface area contributed by atoms with Gasteiger partial charge in [-0.15, -0.1) is 0 Å². The van der Waals surface area contributed by atoms with Crippen molar-refractivity contribution in [2.24, 2.45) is 0 Å². The van der Waals surface area contributed by atoms with Crippen LogP contribution >= 0.6 is 0 Å². The van der Waals surface area contributed by atoms with Gasteiger partial charge in [0.05, 0.1) is 18.6 Å². The lowest BCUT2D eigenvalue weighted by molar-refractivity contribution is -0.143. The molecular formula is C15H18N2O4. The van der Waals surface area contributed by atoms with Gasteiger partial charge in [-0.05, 0) is 13.0 Å². The van der Waals surface area contributed by atoms with E-state index < -0.39 is 0 Å². The smallest absolute Gasteiger partial charge is 0.307 e. The van der Waals surface area contributed by atoms with E-state index in [1.807, 2.05) is 0 Å². The van der Waals surface area contributed by atoms with E-state index in [1.165, 1.54) is 17.3 Å². The first-order valence-electron chi connectivity index (χ1n) is 6.54. The number of aromatic nitrogens is 1. The van der Waals surface area contributed by atoms with E-state index in [0.717, 1.165) is 0 Å². The number of carbonyl (C=O) groups is 2. The molecule has 1 N–H and O–H groups in total. The monoisotopic (exact) mass is 290 g/mol. The zero-order valence-electron chi connectivity index (χ0n) is 12.1. The fourth-order valence-corrected chi connectivity index (χ4v) is 1.58. The van der Waals surface area contributed by atoms with Crippen LogP contribution in [0.1, 0.15) is 29.3 Å². The highest BCUT2D eigenvalue weighted by Crippen LogP contribution is 2.06. The van der Waals surface area contributed by atoms with Crippen molar-refractivity contribution in [3.8, 4) is 11.8 Å². The lowest BCUT2D eigenvalue weighted by Crippen LogP contribution is -2.29. The number of amides is 1. The van der Waals surface area contributed by atoms with Gasteiger partial charge < -0.3 is 14.7 Å². The number of hydrogen-bond acceptors (Lipinski definition) is 5. The molecule has 1 aromatic rings. The SMILES string of the molecule is CCOC(=O)CCN(C)C(=O)c1cncc(C#CCO)c1. The van der Waals surface area contributed by atoms with Crippen molar-refractivity contribution in [1.82, 2.24) is 9.88 Å². The number of esters is 1. The number of aliphatic hydroxyl groups is 1. The summed E-state index contributed by atoms with van der Waals surface area (Å²) in [5, 5.41) is 8.65. The molecule has 1 amide bonds. The summed E-state index contributed by atoms with van der Waals surface area (Å²) < 4.78 is 4.81. The maximum atomic E-state index is 12.2. The van der Waals surface area contributed by atoms with Crippen molar-refractivity contribution in [3.05, 3.63) is 29.6 Å². The average molecular weight is 290 g/mol. The topological polar surface area (TPSA) is 79.7 Å². The number of rotatable bonds is 5. The predicted octanol–water partition coefficient (Wildman–Crippen LogP) is 0.451. The van der Waals surface area contributed by atoms with Crippen molar-refractivity contribution in [1.29, 1.82) is 0 Å². The number of pyridine rings is 1. The average Bonchev–Trinajstić information content (AvgIpc) is 2.50. The second kappa shape index (κ2) is 8.72. The van der Waals surface area contributed by atoms with Crippen LogP contribution in [-0.2, 0) is 9.53 Å². The number of hydrogen-bond donors (Lipinski definition) is 1. The minimum atomic E-state index is -0.335. The molecule has 0 unspecified atom stereocenters. The van der Waals surface area contributed by atoms with Crippen LogP contribution in [0.4, 0.5) is 0 Å².